The van der Waals surface area contributed by atoms with E-state index in [0.717, 1.165) is 19.4 Å². The maximum absolute atomic E-state index is 10.2. The van der Waals surface area contributed by atoms with Crippen LogP contribution in [0, 0.1) is 0 Å². The highest BCUT2D eigenvalue weighted by atomic mass is 16.4. The van der Waals surface area contributed by atoms with Gasteiger partial charge in [0.2, 0.25) is 0 Å². The van der Waals surface area contributed by atoms with Crippen LogP contribution in [-0.4, -0.2) is 42.7 Å². The van der Waals surface area contributed by atoms with Crippen LogP contribution in [-0.2, 0) is 4.79 Å². The highest BCUT2D eigenvalue weighted by molar-refractivity contribution is 5.66. The smallest absolute Gasteiger partial charge is 0.303 e. The summed E-state index contributed by atoms with van der Waals surface area (Å²) in [6.07, 6.45) is 2.71. The summed E-state index contributed by atoms with van der Waals surface area (Å²) in [5.74, 6) is -0.761. The third-order valence-electron chi connectivity index (χ3n) is 1.91. The molecular formula is C9H20N2O2. The maximum atomic E-state index is 10.2. The summed E-state index contributed by atoms with van der Waals surface area (Å²) in [5.41, 5.74) is 5.73. The molecule has 0 saturated carbocycles. The zero-order chi connectivity index (χ0) is 10.3. The molecule has 13 heavy (non-hydrogen) atoms. The fourth-order valence-corrected chi connectivity index (χ4v) is 1.12. The van der Waals surface area contributed by atoms with Crippen molar-refractivity contribution in [2.24, 2.45) is 5.73 Å². The Balaban J connectivity index is 3.30. The normalized spacial score (nSPS) is 13.2. The van der Waals surface area contributed by atoms with Gasteiger partial charge in [-0.2, -0.15) is 0 Å². The quantitative estimate of drug-likeness (QED) is 0.611. The highest BCUT2D eigenvalue weighted by Crippen LogP contribution is 2.02. The van der Waals surface area contributed by atoms with Gasteiger partial charge in [0, 0.05) is 12.5 Å². The fraction of sp³-hybridized carbons (Fsp3) is 0.889. The zero-order valence-corrected chi connectivity index (χ0v) is 8.49. The van der Waals surface area contributed by atoms with E-state index < -0.39 is 5.97 Å². The Kier molecular flexibility index (Phi) is 6.54. The first-order valence-electron chi connectivity index (χ1n) is 4.64. The van der Waals surface area contributed by atoms with E-state index in [1.807, 2.05) is 14.1 Å². The molecule has 3 N–H and O–H groups in total. The van der Waals surface area contributed by atoms with Crippen molar-refractivity contribution >= 4 is 5.97 Å². The third kappa shape index (κ3) is 9.30. The van der Waals surface area contributed by atoms with E-state index in [0.29, 0.717) is 6.42 Å². The Morgan fingerprint density at radius 1 is 1.46 bits per heavy atom. The number of nitrogens with zero attached hydrogens (tertiary/aromatic N) is 1. The molecule has 0 aromatic heterocycles. The van der Waals surface area contributed by atoms with E-state index in [1.54, 1.807) is 0 Å². The lowest BCUT2D eigenvalue weighted by Crippen LogP contribution is -2.23. The van der Waals surface area contributed by atoms with Crippen molar-refractivity contribution in [1.29, 1.82) is 0 Å². The highest BCUT2D eigenvalue weighted by Gasteiger charge is 2.05. The van der Waals surface area contributed by atoms with Gasteiger partial charge >= 0.3 is 5.97 Å². The van der Waals surface area contributed by atoms with Crippen LogP contribution in [0.3, 0.4) is 0 Å². The second kappa shape index (κ2) is 6.86. The van der Waals surface area contributed by atoms with Crippen LogP contribution < -0.4 is 5.73 Å². The molecule has 0 aromatic rings. The molecule has 0 radical (unpaired) electrons. The largest absolute Gasteiger partial charge is 0.481 e. The number of nitrogens with two attached hydrogens (primary N) is 1. The van der Waals surface area contributed by atoms with Crippen molar-refractivity contribution in [2.75, 3.05) is 20.6 Å². The molecule has 0 rings (SSSR count). The molecule has 0 heterocycles. The van der Waals surface area contributed by atoms with Gasteiger partial charge in [0.15, 0.2) is 0 Å². The van der Waals surface area contributed by atoms with Gasteiger partial charge in [-0.25, -0.2) is 0 Å². The average Bonchev–Trinajstić information content (AvgIpc) is 2.00. The van der Waals surface area contributed by atoms with Gasteiger partial charge in [-0.15, -0.1) is 0 Å². The third-order valence-corrected chi connectivity index (χ3v) is 1.91. The average molecular weight is 188 g/mol. The van der Waals surface area contributed by atoms with Crippen molar-refractivity contribution in [3.05, 3.63) is 0 Å². The van der Waals surface area contributed by atoms with Gasteiger partial charge in [-0.05, 0) is 39.9 Å². The number of carbonyl (C=O) groups is 1. The summed E-state index contributed by atoms with van der Waals surface area (Å²) in [7, 11) is 4.03. The first-order valence-corrected chi connectivity index (χ1v) is 4.64. The van der Waals surface area contributed by atoms with Crippen LogP contribution in [0.4, 0.5) is 0 Å². The van der Waals surface area contributed by atoms with Crippen molar-refractivity contribution in [2.45, 2.75) is 31.7 Å². The number of carboxylic acid groups (broad SMARTS) is 1. The molecule has 0 amide bonds. The Labute approximate surface area is 79.7 Å². The van der Waals surface area contributed by atoms with Crippen molar-refractivity contribution in [3.63, 3.8) is 0 Å². The van der Waals surface area contributed by atoms with Crippen LogP contribution in [0.15, 0.2) is 0 Å². The predicted molar refractivity (Wildman–Crippen MR) is 52.6 cm³/mol. The summed E-state index contributed by atoms with van der Waals surface area (Å²) in [6, 6.07) is 0.0380. The molecule has 0 aliphatic carbocycles. The van der Waals surface area contributed by atoms with Crippen LogP contribution in [0.5, 0.6) is 0 Å². The second-order valence-electron chi connectivity index (χ2n) is 3.64. The summed E-state index contributed by atoms with van der Waals surface area (Å²) in [5, 5.41) is 8.41. The van der Waals surface area contributed by atoms with Crippen LogP contribution >= 0.6 is 0 Å². The van der Waals surface area contributed by atoms with E-state index >= 15 is 0 Å². The van der Waals surface area contributed by atoms with Crippen LogP contribution in [0.25, 0.3) is 0 Å². The van der Waals surface area contributed by atoms with E-state index in [2.05, 4.69) is 4.90 Å². The molecule has 0 aliphatic heterocycles. The molecule has 1 atom stereocenters. The SMILES string of the molecule is CN(C)CCCC(N)CCC(=O)O. The molecule has 0 spiro atoms. The van der Waals surface area contributed by atoms with Crippen molar-refractivity contribution in [3.8, 4) is 0 Å². The monoisotopic (exact) mass is 188 g/mol. The minimum Gasteiger partial charge on any atom is -0.481 e. The van der Waals surface area contributed by atoms with Gasteiger partial charge in [0.05, 0.1) is 0 Å². The standard InChI is InChI=1S/C9H20N2O2/c1-11(2)7-3-4-8(10)5-6-9(12)13/h8H,3-7,10H2,1-2H3,(H,12,13). The van der Waals surface area contributed by atoms with E-state index in [4.69, 9.17) is 10.8 Å². The lowest BCUT2D eigenvalue weighted by Gasteiger charge is -2.12. The molecule has 4 heteroatoms. The Morgan fingerprint density at radius 3 is 2.54 bits per heavy atom. The molecule has 0 aromatic carbocycles. The minimum absolute atomic E-state index is 0.0380. The van der Waals surface area contributed by atoms with E-state index in [9.17, 15) is 4.79 Å². The number of hydrogen-bond donors (Lipinski definition) is 2. The first-order chi connectivity index (χ1) is 6.02. The topological polar surface area (TPSA) is 66.6 Å². The van der Waals surface area contributed by atoms with E-state index in [-0.39, 0.29) is 12.5 Å². The summed E-state index contributed by atoms with van der Waals surface area (Å²) in [6.45, 7) is 1.01. The van der Waals surface area contributed by atoms with Crippen molar-refractivity contribution in [1.82, 2.24) is 4.90 Å². The number of hydrogen-bond acceptors (Lipinski definition) is 3. The van der Waals surface area contributed by atoms with E-state index in [1.165, 1.54) is 0 Å². The van der Waals surface area contributed by atoms with Gasteiger partial charge in [0.1, 0.15) is 0 Å². The lowest BCUT2D eigenvalue weighted by molar-refractivity contribution is -0.137. The van der Waals surface area contributed by atoms with Gasteiger partial charge in [0.25, 0.3) is 0 Å². The molecule has 78 valence electrons. The summed E-state index contributed by atoms with van der Waals surface area (Å²) in [4.78, 5) is 12.3. The Hall–Kier alpha value is -0.610. The number of carboxylic acids is 1. The number of rotatable bonds is 7. The molecule has 1 unspecified atom stereocenters. The fourth-order valence-electron chi connectivity index (χ4n) is 1.12. The molecule has 0 aliphatic rings. The summed E-state index contributed by atoms with van der Waals surface area (Å²) >= 11 is 0. The van der Waals surface area contributed by atoms with Crippen LogP contribution in [0.2, 0.25) is 0 Å². The molecule has 0 bridgehead atoms. The molecule has 0 saturated heterocycles. The van der Waals surface area contributed by atoms with Gasteiger partial charge in [-0.1, -0.05) is 0 Å². The maximum Gasteiger partial charge on any atom is 0.303 e. The Morgan fingerprint density at radius 2 is 2.08 bits per heavy atom. The predicted octanol–water partition coefficient (Wildman–Crippen LogP) is 0.520. The zero-order valence-electron chi connectivity index (χ0n) is 8.49. The minimum atomic E-state index is -0.761. The molecule has 4 nitrogen and oxygen atoms in total. The molecule has 0 fully saturated rings. The first kappa shape index (κ1) is 12.4. The summed E-state index contributed by atoms with van der Waals surface area (Å²) < 4.78 is 0. The molecular weight excluding hydrogens is 168 g/mol. The number of aliphatic carboxylic acids is 1. The van der Waals surface area contributed by atoms with Gasteiger partial charge < -0.3 is 15.7 Å². The van der Waals surface area contributed by atoms with Gasteiger partial charge in [-0.3, -0.25) is 4.79 Å². The van der Waals surface area contributed by atoms with Crippen molar-refractivity contribution < 1.29 is 9.90 Å². The Bertz CT molecular complexity index is 149. The lowest BCUT2D eigenvalue weighted by atomic mass is 10.1. The second-order valence-corrected chi connectivity index (χ2v) is 3.64. The van der Waals surface area contributed by atoms with Crippen LogP contribution in [0.1, 0.15) is 25.7 Å².